The van der Waals surface area contributed by atoms with Crippen molar-refractivity contribution in [2.45, 2.75) is 27.3 Å². The van der Waals surface area contributed by atoms with E-state index in [1.54, 1.807) is 0 Å². The van der Waals surface area contributed by atoms with Crippen molar-refractivity contribution in [2.24, 2.45) is 0 Å². The SMILES string of the molecule is Cc1cc(CN2CCN(c3cccc(C)c3C)CC2)on1. The monoisotopic (exact) mass is 285 g/mol. The second-order valence-corrected chi connectivity index (χ2v) is 5.92. The summed E-state index contributed by atoms with van der Waals surface area (Å²) < 4.78 is 5.31. The summed E-state index contributed by atoms with van der Waals surface area (Å²) in [5, 5.41) is 3.95. The molecule has 0 radical (unpaired) electrons. The molecule has 2 aromatic rings. The van der Waals surface area contributed by atoms with Crippen LogP contribution >= 0.6 is 0 Å². The second-order valence-electron chi connectivity index (χ2n) is 5.92. The van der Waals surface area contributed by atoms with Crippen LogP contribution < -0.4 is 4.90 Å². The molecule has 0 N–H and O–H groups in total. The van der Waals surface area contributed by atoms with Crippen LogP contribution in [0.25, 0.3) is 0 Å². The Labute approximate surface area is 126 Å². The largest absolute Gasteiger partial charge is 0.369 e. The fourth-order valence-corrected chi connectivity index (χ4v) is 2.94. The fraction of sp³-hybridized carbons (Fsp3) is 0.471. The Morgan fingerprint density at radius 2 is 1.86 bits per heavy atom. The van der Waals surface area contributed by atoms with E-state index >= 15 is 0 Å². The highest BCUT2D eigenvalue weighted by Gasteiger charge is 2.19. The molecule has 21 heavy (non-hydrogen) atoms. The van der Waals surface area contributed by atoms with Crippen LogP contribution in [0.5, 0.6) is 0 Å². The van der Waals surface area contributed by atoms with Crippen molar-refractivity contribution in [1.29, 1.82) is 0 Å². The minimum Gasteiger partial charge on any atom is -0.369 e. The van der Waals surface area contributed by atoms with Gasteiger partial charge in [0.15, 0.2) is 5.76 Å². The number of anilines is 1. The van der Waals surface area contributed by atoms with Crippen LogP contribution in [0.2, 0.25) is 0 Å². The summed E-state index contributed by atoms with van der Waals surface area (Å²) in [7, 11) is 0. The number of aryl methyl sites for hydroxylation is 2. The molecule has 3 rings (SSSR count). The summed E-state index contributed by atoms with van der Waals surface area (Å²) in [6, 6.07) is 8.59. The number of benzene rings is 1. The molecular formula is C17H23N3O. The number of aromatic nitrogens is 1. The van der Waals surface area contributed by atoms with Gasteiger partial charge in [-0.1, -0.05) is 17.3 Å². The van der Waals surface area contributed by atoms with E-state index in [-0.39, 0.29) is 0 Å². The predicted molar refractivity (Wildman–Crippen MR) is 84.6 cm³/mol. The van der Waals surface area contributed by atoms with Crippen LogP contribution in [-0.4, -0.2) is 36.2 Å². The molecule has 0 amide bonds. The van der Waals surface area contributed by atoms with Crippen LogP contribution in [0.15, 0.2) is 28.8 Å². The van der Waals surface area contributed by atoms with Gasteiger partial charge in [-0.05, 0) is 38.0 Å². The Bertz CT molecular complexity index is 612. The van der Waals surface area contributed by atoms with E-state index in [9.17, 15) is 0 Å². The number of nitrogens with zero attached hydrogens (tertiary/aromatic N) is 3. The number of hydrogen-bond donors (Lipinski definition) is 0. The maximum absolute atomic E-state index is 5.31. The molecule has 2 heterocycles. The summed E-state index contributed by atoms with van der Waals surface area (Å²) in [5.41, 5.74) is 5.10. The van der Waals surface area contributed by atoms with Crippen LogP contribution in [0.4, 0.5) is 5.69 Å². The fourth-order valence-electron chi connectivity index (χ4n) is 2.94. The average molecular weight is 285 g/mol. The Hall–Kier alpha value is -1.81. The van der Waals surface area contributed by atoms with Crippen molar-refractivity contribution < 1.29 is 4.52 Å². The number of hydrogen-bond acceptors (Lipinski definition) is 4. The molecule has 1 aliphatic heterocycles. The lowest BCUT2D eigenvalue weighted by molar-refractivity contribution is 0.219. The van der Waals surface area contributed by atoms with Crippen molar-refractivity contribution in [2.75, 3.05) is 31.1 Å². The molecule has 4 nitrogen and oxygen atoms in total. The Balaban J connectivity index is 1.61. The third kappa shape index (κ3) is 3.10. The quantitative estimate of drug-likeness (QED) is 0.868. The molecule has 1 aromatic heterocycles. The van der Waals surface area contributed by atoms with E-state index in [1.807, 2.05) is 13.0 Å². The van der Waals surface area contributed by atoms with Gasteiger partial charge in [0.25, 0.3) is 0 Å². The summed E-state index contributed by atoms with van der Waals surface area (Å²) >= 11 is 0. The Morgan fingerprint density at radius 1 is 1.10 bits per heavy atom. The van der Waals surface area contributed by atoms with Crippen LogP contribution in [0.3, 0.4) is 0 Å². The second kappa shape index (κ2) is 5.90. The zero-order valence-electron chi connectivity index (χ0n) is 13.1. The maximum Gasteiger partial charge on any atom is 0.150 e. The predicted octanol–water partition coefficient (Wildman–Crippen LogP) is 2.92. The van der Waals surface area contributed by atoms with Crippen LogP contribution in [0, 0.1) is 20.8 Å². The molecule has 4 heteroatoms. The zero-order chi connectivity index (χ0) is 14.8. The topological polar surface area (TPSA) is 32.5 Å². The van der Waals surface area contributed by atoms with Gasteiger partial charge in [-0.15, -0.1) is 0 Å². The molecule has 0 saturated carbocycles. The third-order valence-corrected chi connectivity index (χ3v) is 4.35. The van der Waals surface area contributed by atoms with E-state index in [1.165, 1.54) is 16.8 Å². The minimum absolute atomic E-state index is 0.863. The van der Waals surface area contributed by atoms with Crippen molar-refractivity contribution >= 4 is 5.69 Å². The normalized spacial score (nSPS) is 16.4. The summed E-state index contributed by atoms with van der Waals surface area (Å²) in [4.78, 5) is 4.92. The summed E-state index contributed by atoms with van der Waals surface area (Å²) in [6.07, 6.45) is 0. The molecule has 112 valence electrons. The molecule has 1 fully saturated rings. The van der Waals surface area contributed by atoms with E-state index in [4.69, 9.17) is 4.52 Å². The highest BCUT2D eigenvalue weighted by atomic mass is 16.5. The van der Waals surface area contributed by atoms with Crippen molar-refractivity contribution in [3.8, 4) is 0 Å². The molecule has 0 bridgehead atoms. The Kier molecular flexibility index (Phi) is 3.97. The first-order valence-electron chi connectivity index (χ1n) is 7.59. The lowest BCUT2D eigenvalue weighted by Gasteiger charge is -2.36. The van der Waals surface area contributed by atoms with Gasteiger partial charge in [0, 0.05) is 37.9 Å². The summed E-state index contributed by atoms with van der Waals surface area (Å²) in [5.74, 6) is 0.965. The first-order valence-corrected chi connectivity index (χ1v) is 7.59. The molecule has 0 unspecified atom stereocenters. The maximum atomic E-state index is 5.31. The van der Waals surface area contributed by atoms with Crippen LogP contribution in [-0.2, 0) is 6.54 Å². The van der Waals surface area contributed by atoms with Crippen LogP contribution in [0.1, 0.15) is 22.6 Å². The van der Waals surface area contributed by atoms with E-state index < -0.39 is 0 Å². The Morgan fingerprint density at radius 3 is 2.52 bits per heavy atom. The van der Waals surface area contributed by atoms with Gasteiger partial charge in [0.1, 0.15) is 0 Å². The molecule has 1 aliphatic rings. The van der Waals surface area contributed by atoms with Crippen molar-refractivity contribution in [1.82, 2.24) is 10.1 Å². The molecule has 0 atom stereocenters. The zero-order valence-corrected chi connectivity index (χ0v) is 13.1. The first-order chi connectivity index (χ1) is 10.1. The van der Waals surface area contributed by atoms with Crippen molar-refractivity contribution in [3.05, 3.63) is 46.8 Å². The third-order valence-electron chi connectivity index (χ3n) is 4.35. The van der Waals surface area contributed by atoms with Gasteiger partial charge < -0.3 is 9.42 Å². The number of piperazine rings is 1. The van der Waals surface area contributed by atoms with Gasteiger partial charge in [0.2, 0.25) is 0 Å². The molecule has 0 spiro atoms. The van der Waals surface area contributed by atoms with Gasteiger partial charge in [-0.25, -0.2) is 0 Å². The number of rotatable bonds is 3. The molecule has 0 aliphatic carbocycles. The standard InChI is InChI=1S/C17H23N3O/c1-13-5-4-6-17(15(13)3)20-9-7-19(8-10-20)12-16-11-14(2)18-21-16/h4-6,11H,7-10,12H2,1-3H3. The van der Waals surface area contributed by atoms with Gasteiger partial charge >= 0.3 is 0 Å². The molecule has 1 aromatic carbocycles. The van der Waals surface area contributed by atoms with E-state index in [2.05, 4.69) is 47.0 Å². The first kappa shape index (κ1) is 14.1. The summed E-state index contributed by atoms with van der Waals surface area (Å²) in [6.45, 7) is 11.5. The lowest BCUT2D eigenvalue weighted by Crippen LogP contribution is -2.46. The van der Waals surface area contributed by atoms with E-state index in [0.29, 0.717) is 0 Å². The smallest absolute Gasteiger partial charge is 0.150 e. The van der Waals surface area contributed by atoms with Gasteiger partial charge in [-0.2, -0.15) is 0 Å². The average Bonchev–Trinajstić information content (AvgIpc) is 2.88. The van der Waals surface area contributed by atoms with Gasteiger partial charge in [0.05, 0.1) is 12.2 Å². The van der Waals surface area contributed by atoms with Crippen molar-refractivity contribution in [3.63, 3.8) is 0 Å². The molecular weight excluding hydrogens is 262 g/mol. The highest BCUT2D eigenvalue weighted by molar-refractivity contribution is 5.56. The molecule has 1 saturated heterocycles. The highest BCUT2D eigenvalue weighted by Crippen LogP contribution is 2.24. The minimum atomic E-state index is 0.863. The van der Waals surface area contributed by atoms with E-state index in [0.717, 1.165) is 44.2 Å². The van der Waals surface area contributed by atoms with Gasteiger partial charge in [-0.3, -0.25) is 4.90 Å². The lowest BCUT2D eigenvalue weighted by atomic mass is 10.1.